The van der Waals surface area contributed by atoms with Crippen LogP contribution < -0.4 is 15.5 Å². The van der Waals surface area contributed by atoms with E-state index in [0.717, 1.165) is 22.6 Å². The average Bonchev–Trinajstić information content (AvgIpc) is 2.69. The van der Waals surface area contributed by atoms with Crippen LogP contribution in [0, 0.1) is 0 Å². The number of hydrogen-bond donors (Lipinski definition) is 1. The number of methoxy groups -OCH3 is 1. The van der Waals surface area contributed by atoms with Crippen molar-refractivity contribution < 1.29 is 4.74 Å². The maximum absolute atomic E-state index is 12.6. The van der Waals surface area contributed by atoms with Gasteiger partial charge in [0.2, 0.25) is 0 Å². The number of nitrogens with one attached hydrogen (secondary N) is 1. The van der Waals surface area contributed by atoms with Crippen molar-refractivity contribution in [2.75, 3.05) is 12.4 Å². The van der Waals surface area contributed by atoms with Crippen molar-refractivity contribution in [2.45, 2.75) is 0 Å². The number of fused-ring (bicyclic) bond motifs is 1. The molecule has 0 atom stereocenters. The van der Waals surface area contributed by atoms with E-state index >= 15 is 0 Å². The second kappa shape index (κ2) is 6.72. The molecule has 5 heteroatoms. The highest BCUT2D eigenvalue weighted by atomic mass is 16.5. The summed E-state index contributed by atoms with van der Waals surface area (Å²) in [6.45, 7) is 0. The maximum atomic E-state index is 12.6. The van der Waals surface area contributed by atoms with Gasteiger partial charge in [0.05, 0.1) is 18.8 Å². The number of pyridine rings is 2. The fourth-order valence-electron chi connectivity index (χ4n) is 2.96. The SMILES string of the molecule is COc1cccc(Nc2cc(=O)c3ccncc3n2-c2ccccc2)c1. The van der Waals surface area contributed by atoms with E-state index in [2.05, 4.69) is 10.3 Å². The van der Waals surface area contributed by atoms with E-state index in [-0.39, 0.29) is 5.43 Å². The summed E-state index contributed by atoms with van der Waals surface area (Å²) in [5, 5.41) is 3.96. The molecule has 4 rings (SSSR count). The lowest BCUT2D eigenvalue weighted by Gasteiger charge is -2.18. The lowest BCUT2D eigenvalue weighted by molar-refractivity contribution is 0.415. The quantitative estimate of drug-likeness (QED) is 0.605. The maximum Gasteiger partial charge on any atom is 0.191 e. The minimum Gasteiger partial charge on any atom is -0.497 e. The van der Waals surface area contributed by atoms with Crippen LogP contribution in [0.5, 0.6) is 5.75 Å². The standard InChI is InChI=1S/C21H17N3O2/c1-26-17-9-5-6-15(12-17)23-21-13-20(25)18-10-11-22-14-19(18)24(21)16-7-3-2-4-8-16/h2-14,23H,1H3. The molecule has 0 aliphatic rings. The monoisotopic (exact) mass is 343 g/mol. The van der Waals surface area contributed by atoms with E-state index in [9.17, 15) is 4.79 Å². The summed E-state index contributed by atoms with van der Waals surface area (Å²) in [5.74, 6) is 1.40. The summed E-state index contributed by atoms with van der Waals surface area (Å²) in [6.07, 6.45) is 3.34. The summed E-state index contributed by atoms with van der Waals surface area (Å²) in [6, 6.07) is 20.8. The van der Waals surface area contributed by atoms with Crippen LogP contribution in [0.2, 0.25) is 0 Å². The highest BCUT2D eigenvalue weighted by Gasteiger charge is 2.11. The Balaban J connectivity index is 1.95. The normalized spacial score (nSPS) is 10.7. The number of para-hydroxylation sites is 1. The van der Waals surface area contributed by atoms with Gasteiger partial charge in [-0.3, -0.25) is 14.3 Å². The first-order chi connectivity index (χ1) is 12.8. The highest BCUT2D eigenvalue weighted by Crippen LogP contribution is 2.26. The van der Waals surface area contributed by atoms with E-state index in [1.165, 1.54) is 0 Å². The molecule has 0 saturated heterocycles. The van der Waals surface area contributed by atoms with Gasteiger partial charge in [0.15, 0.2) is 5.43 Å². The van der Waals surface area contributed by atoms with Gasteiger partial charge >= 0.3 is 0 Å². The molecule has 0 radical (unpaired) electrons. The van der Waals surface area contributed by atoms with Crippen molar-refractivity contribution in [3.63, 3.8) is 0 Å². The van der Waals surface area contributed by atoms with Gasteiger partial charge < -0.3 is 10.1 Å². The molecule has 0 aliphatic carbocycles. The van der Waals surface area contributed by atoms with Crippen LogP contribution in [0.1, 0.15) is 0 Å². The van der Waals surface area contributed by atoms with Crippen LogP contribution in [0.4, 0.5) is 11.5 Å². The molecule has 0 fully saturated rings. The van der Waals surface area contributed by atoms with E-state index in [0.29, 0.717) is 11.2 Å². The first kappa shape index (κ1) is 15.9. The molecule has 0 bridgehead atoms. The van der Waals surface area contributed by atoms with Crippen LogP contribution >= 0.6 is 0 Å². The summed E-state index contributed by atoms with van der Waals surface area (Å²) < 4.78 is 7.27. The first-order valence-corrected chi connectivity index (χ1v) is 8.22. The molecule has 0 spiro atoms. The largest absolute Gasteiger partial charge is 0.497 e. The minimum atomic E-state index is -0.0556. The molecule has 0 unspecified atom stereocenters. The summed E-state index contributed by atoms with van der Waals surface area (Å²) in [7, 11) is 1.63. The topological polar surface area (TPSA) is 56.1 Å². The summed E-state index contributed by atoms with van der Waals surface area (Å²) in [5.41, 5.74) is 2.46. The predicted octanol–water partition coefficient (Wildman–Crippen LogP) is 4.14. The van der Waals surface area contributed by atoms with Gasteiger partial charge in [-0.15, -0.1) is 0 Å². The Morgan fingerprint density at radius 1 is 1.00 bits per heavy atom. The second-order valence-corrected chi connectivity index (χ2v) is 5.81. The van der Waals surface area contributed by atoms with Crippen LogP contribution in [0.25, 0.3) is 16.6 Å². The Kier molecular flexibility index (Phi) is 4.11. The smallest absolute Gasteiger partial charge is 0.191 e. The third kappa shape index (κ3) is 2.91. The molecule has 0 saturated carbocycles. The van der Waals surface area contributed by atoms with Crippen molar-refractivity contribution in [1.29, 1.82) is 0 Å². The zero-order valence-corrected chi connectivity index (χ0v) is 14.2. The van der Waals surface area contributed by atoms with Crippen LogP contribution in [0.15, 0.2) is 83.9 Å². The second-order valence-electron chi connectivity index (χ2n) is 5.81. The van der Waals surface area contributed by atoms with Gasteiger partial charge in [-0.2, -0.15) is 0 Å². The van der Waals surface area contributed by atoms with E-state index in [1.54, 1.807) is 31.6 Å². The number of ether oxygens (including phenoxy) is 1. The van der Waals surface area contributed by atoms with Crippen LogP contribution in [0.3, 0.4) is 0 Å². The Morgan fingerprint density at radius 2 is 1.85 bits per heavy atom. The van der Waals surface area contributed by atoms with Gasteiger partial charge in [-0.05, 0) is 30.3 Å². The fourth-order valence-corrected chi connectivity index (χ4v) is 2.96. The molecule has 2 heterocycles. The Morgan fingerprint density at radius 3 is 2.65 bits per heavy atom. The van der Waals surface area contributed by atoms with E-state index in [4.69, 9.17) is 4.74 Å². The van der Waals surface area contributed by atoms with Crippen molar-refractivity contribution in [3.05, 3.63) is 89.3 Å². The number of hydrogen-bond acceptors (Lipinski definition) is 4. The van der Waals surface area contributed by atoms with Crippen molar-refractivity contribution in [1.82, 2.24) is 9.55 Å². The molecule has 4 aromatic rings. The molecule has 5 nitrogen and oxygen atoms in total. The zero-order valence-electron chi connectivity index (χ0n) is 14.2. The van der Waals surface area contributed by atoms with Crippen LogP contribution in [-0.4, -0.2) is 16.7 Å². The fraction of sp³-hybridized carbons (Fsp3) is 0.0476. The van der Waals surface area contributed by atoms with Crippen molar-refractivity contribution in [2.24, 2.45) is 0 Å². The molecule has 1 N–H and O–H groups in total. The van der Waals surface area contributed by atoms with Gasteiger partial charge in [-0.25, -0.2) is 0 Å². The lowest BCUT2D eigenvalue weighted by Crippen LogP contribution is -2.12. The molecule has 0 aliphatic heterocycles. The number of nitrogens with zero attached hydrogens (tertiary/aromatic N) is 2. The number of anilines is 2. The Bertz CT molecular complexity index is 1120. The van der Waals surface area contributed by atoms with E-state index in [1.807, 2.05) is 59.2 Å². The minimum absolute atomic E-state index is 0.0556. The number of benzene rings is 2. The molecular weight excluding hydrogens is 326 g/mol. The van der Waals surface area contributed by atoms with Crippen molar-refractivity contribution >= 4 is 22.4 Å². The summed E-state index contributed by atoms with van der Waals surface area (Å²) >= 11 is 0. The molecule has 2 aromatic carbocycles. The predicted molar refractivity (Wildman–Crippen MR) is 104 cm³/mol. The molecule has 128 valence electrons. The summed E-state index contributed by atoms with van der Waals surface area (Å²) in [4.78, 5) is 16.8. The van der Waals surface area contributed by atoms with E-state index < -0.39 is 0 Å². The van der Waals surface area contributed by atoms with Gasteiger partial charge in [0.1, 0.15) is 11.6 Å². The van der Waals surface area contributed by atoms with Crippen molar-refractivity contribution in [3.8, 4) is 11.4 Å². The average molecular weight is 343 g/mol. The Labute approximate surface area is 150 Å². The third-order valence-corrected chi connectivity index (χ3v) is 4.17. The zero-order chi connectivity index (χ0) is 17.9. The van der Waals surface area contributed by atoms with Crippen LogP contribution in [-0.2, 0) is 0 Å². The molecule has 2 aromatic heterocycles. The van der Waals surface area contributed by atoms with Gasteiger partial charge in [0.25, 0.3) is 0 Å². The highest BCUT2D eigenvalue weighted by molar-refractivity contribution is 5.83. The number of aromatic nitrogens is 2. The van der Waals surface area contributed by atoms with Gasteiger partial charge in [-0.1, -0.05) is 24.3 Å². The Hall–Kier alpha value is -3.60. The molecular formula is C21H17N3O2. The lowest BCUT2D eigenvalue weighted by atomic mass is 10.2. The number of rotatable bonds is 4. The third-order valence-electron chi connectivity index (χ3n) is 4.17. The molecule has 26 heavy (non-hydrogen) atoms. The molecule has 0 amide bonds. The first-order valence-electron chi connectivity index (χ1n) is 8.22. The van der Waals surface area contributed by atoms with Gasteiger partial charge in [0, 0.05) is 35.1 Å².